The van der Waals surface area contributed by atoms with E-state index in [2.05, 4.69) is 49.4 Å². The lowest BCUT2D eigenvalue weighted by Crippen LogP contribution is -2.19. The number of benzene rings is 2. The predicted octanol–water partition coefficient (Wildman–Crippen LogP) is 3.42. The van der Waals surface area contributed by atoms with Gasteiger partial charge in [0.2, 0.25) is 0 Å². The third kappa shape index (κ3) is 2.94. The molecule has 0 aliphatic heterocycles. The Bertz CT molecular complexity index is 681. The van der Waals surface area contributed by atoms with E-state index in [0.717, 1.165) is 24.2 Å². The Kier molecular flexibility index (Phi) is 4.22. The van der Waals surface area contributed by atoms with Gasteiger partial charge in [0.15, 0.2) is 0 Å². The van der Waals surface area contributed by atoms with Crippen molar-refractivity contribution in [2.45, 2.75) is 25.8 Å². The van der Waals surface area contributed by atoms with Crippen LogP contribution < -0.4 is 5.73 Å². The first-order chi connectivity index (χ1) is 10.2. The fourth-order valence-corrected chi connectivity index (χ4v) is 4.22. The zero-order valence-corrected chi connectivity index (χ0v) is 13.2. The minimum absolute atomic E-state index is 0.133. The van der Waals surface area contributed by atoms with Crippen molar-refractivity contribution in [2.75, 3.05) is 11.5 Å². The molecule has 0 fully saturated rings. The van der Waals surface area contributed by atoms with Crippen molar-refractivity contribution in [1.82, 2.24) is 0 Å². The summed E-state index contributed by atoms with van der Waals surface area (Å²) in [6, 6.07) is 14.9. The molecule has 0 saturated carbocycles. The van der Waals surface area contributed by atoms with E-state index in [9.17, 15) is 4.21 Å². The minimum Gasteiger partial charge on any atom is -0.323 e. The minimum atomic E-state index is -0.814. The van der Waals surface area contributed by atoms with Gasteiger partial charge in [-0.25, -0.2) is 0 Å². The summed E-state index contributed by atoms with van der Waals surface area (Å²) in [7, 11) is -0.814. The molecule has 0 radical (unpaired) electrons. The molecular formula is C18H21NOS. The van der Waals surface area contributed by atoms with E-state index < -0.39 is 10.8 Å². The van der Waals surface area contributed by atoms with Gasteiger partial charge in [-0.3, -0.25) is 4.21 Å². The van der Waals surface area contributed by atoms with Crippen LogP contribution in [0.15, 0.2) is 42.5 Å². The van der Waals surface area contributed by atoms with E-state index >= 15 is 0 Å². The molecule has 2 aromatic carbocycles. The largest absolute Gasteiger partial charge is 0.323 e. The van der Waals surface area contributed by atoms with Crippen LogP contribution in [-0.4, -0.2) is 15.7 Å². The van der Waals surface area contributed by atoms with Gasteiger partial charge in [-0.15, -0.1) is 0 Å². The van der Waals surface area contributed by atoms with E-state index in [1.165, 1.54) is 22.3 Å². The average Bonchev–Trinajstić information content (AvgIpc) is 2.85. The third-order valence-electron chi connectivity index (χ3n) is 4.04. The topological polar surface area (TPSA) is 43.1 Å². The number of rotatable bonds is 5. The van der Waals surface area contributed by atoms with Gasteiger partial charge in [0.1, 0.15) is 0 Å². The molecule has 1 aliphatic carbocycles. The molecule has 0 heterocycles. The second kappa shape index (κ2) is 6.12. The van der Waals surface area contributed by atoms with Crippen LogP contribution in [0.1, 0.15) is 36.1 Å². The average molecular weight is 299 g/mol. The monoisotopic (exact) mass is 299 g/mol. The summed E-state index contributed by atoms with van der Waals surface area (Å²) in [5.74, 6) is 1.30. The maximum Gasteiger partial charge on any atom is 0.0428 e. The fraction of sp³-hybridized carbons (Fsp3) is 0.333. The first-order valence-electron chi connectivity index (χ1n) is 7.50. The van der Waals surface area contributed by atoms with Gasteiger partial charge in [0.25, 0.3) is 0 Å². The molecule has 21 heavy (non-hydrogen) atoms. The van der Waals surface area contributed by atoms with Gasteiger partial charge in [0, 0.05) is 28.3 Å². The summed E-state index contributed by atoms with van der Waals surface area (Å²) < 4.78 is 11.9. The van der Waals surface area contributed by atoms with Crippen LogP contribution in [0.2, 0.25) is 0 Å². The first-order valence-corrected chi connectivity index (χ1v) is 8.99. The van der Waals surface area contributed by atoms with Crippen LogP contribution in [0.4, 0.5) is 0 Å². The Labute approximate surface area is 128 Å². The van der Waals surface area contributed by atoms with Crippen LogP contribution in [0, 0.1) is 0 Å². The normalized spacial score (nSPS) is 15.3. The standard InChI is InChI=1S/C18H21NOS/c1-2-9-21(20)12-18(19)14-7-8-17-15(11-14)10-13-5-3-4-6-16(13)17/h3-8,11,18H,2,9-10,12,19H2,1H3. The highest BCUT2D eigenvalue weighted by atomic mass is 32.2. The maximum atomic E-state index is 11.9. The Morgan fingerprint density at radius 2 is 1.90 bits per heavy atom. The molecule has 2 aromatic rings. The molecule has 2 N–H and O–H groups in total. The Hall–Kier alpha value is -1.45. The summed E-state index contributed by atoms with van der Waals surface area (Å²) in [5, 5.41) is 0. The van der Waals surface area contributed by atoms with Gasteiger partial charge in [-0.2, -0.15) is 0 Å². The number of nitrogens with two attached hydrogens (primary N) is 1. The lowest BCUT2D eigenvalue weighted by Gasteiger charge is -2.13. The SMILES string of the molecule is CCCS(=O)CC(N)c1ccc2c(c1)Cc1ccccc1-2. The molecule has 0 amide bonds. The van der Waals surface area contributed by atoms with Crippen LogP contribution in [0.3, 0.4) is 0 Å². The third-order valence-corrected chi connectivity index (χ3v) is 5.64. The molecule has 0 bridgehead atoms. The summed E-state index contributed by atoms with van der Waals surface area (Å²) in [6.07, 6.45) is 1.92. The second-order valence-corrected chi connectivity index (χ2v) is 7.29. The van der Waals surface area contributed by atoms with E-state index in [1.807, 2.05) is 0 Å². The van der Waals surface area contributed by atoms with E-state index in [0.29, 0.717) is 5.75 Å². The maximum absolute atomic E-state index is 11.9. The van der Waals surface area contributed by atoms with Crippen molar-refractivity contribution in [1.29, 1.82) is 0 Å². The van der Waals surface area contributed by atoms with Gasteiger partial charge in [-0.1, -0.05) is 49.4 Å². The van der Waals surface area contributed by atoms with Crippen molar-refractivity contribution >= 4 is 10.8 Å². The molecular weight excluding hydrogens is 278 g/mol. The van der Waals surface area contributed by atoms with Crippen molar-refractivity contribution < 1.29 is 4.21 Å². The van der Waals surface area contributed by atoms with Crippen molar-refractivity contribution in [3.8, 4) is 11.1 Å². The molecule has 3 rings (SSSR count). The van der Waals surface area contributed by atoms with Crippen LogP contribution in [0.5, 0.6) is 0 Å². The fourth-order valence-electron chi connectivity index (χ4n) is 3.00. The Balaban J connectivity index is 1.82. The lowest BCUT2D eigenvalue weighted by molar-refractivity contribution is 0.674. The molecule has 0 aromatic heterocycles. The summed E-state index contributed by atoms with van der Waals surface area (Å²) >= 11 is 0. The number of hydrogen-bond donors (Lipinski definition) is 1. The van der Waals surface area contributed by atoms with Gasteiger partial charge in [-0.05, 0) is 40.7 Å². The zero-order valence-electron chi connectivity index (χ0n) is 12.3. The summed E-state index contributed by atoms with van der Waals surface area (Å²) in [5.41, 5.74) is 12.7. The Morgan fingerprint density at radius 1 is 1.14 bits per heavy atom. The number of fused-ring (bicyclic) bond motifs is 3. The summed E-state index contributed by atoms with van der Waals surface area (Å²) in [6.45, 7) is 2.05. The van der Waals surface area contributed by atoms with Crippen molar-refractivity contribution in [2.24, 2.45) is 5.73 Å². The van der Waals surface area contributed by atoms with E-state index in [4.69, 9.17) is 5.73 Å². The van der Waals surface area contributed by atoms with Crippen LogP contribution >= 0.6 is 0 Å². The molecule has 2 atom stereocenters. The van der Waals surface area contributed by atoms with E-state index in [-0.39, 0.29) is 6.04 Å². The van der Waals surface area contributed by atoms with Crippen molar-refractivity contribution in [3.63, 3.8) is 0 Å². The second-order valence-electron chi connectivity index (χ2n) is 5.67. The van der Waals surface area contributed by atoms with Gasteiger partial charge in [0.05, 0.1) is 0 Å². The highest BCUT2D eigenvalue weighted by molar-refractivity contribution is 7.85. The van der Waals surface area contributed by atoms with Gasteiger partial charge >= 0.3 is 0 Å². The van der Waals surface area contributed by atoms with Crippen LogP contribution in [0.25, 0.3) is 11.1 Å². The Morgan fingerprint density at radius 3 is 2.71 bits per heavy atom. The van der Waals surface area contributed by atoms with Crippen LogP contribution in [-0.2, 0) is 17.2 Å². The molecule has 110 valence electrons. The molecule has 1 aliphatic rings. The van der Waals surface area contributed by atoms with Gasteiger partial charge < -0.3 is 5.73 Å². The predicted molar refractivity (Wildman–Crippen MR) is 89.8 cm³/mol. The molecule has 0 saturated heterocycles. The lowest BCUT2D eigenvalue weighted by atomic mass is 10.0. The van der Waals surface area contributed by atoms with E-state index in [1.54, 1.807) is 0 Å². The molecule has 2 nitrogen and oxygen atoms in total. The smallest absolute Gasteiger partial charge is 0.0428 e. The number of hydrogen-bond acceptors (Lipinski definition) is 2. The summed E-state index contributed by atoms with van der Waals surface area (Å²) in [4.78, 5) is 0. The highest BCUT2D eigenvalue weighted by Crippen LogP contribution is 2.37. The first kappa shape index (κ1) is 14.5. The highest BCUT2D eigenvalue weighted by Gasteiger charge is 2.19. The molecule has 3 heteroatoms. The molecule has 2 unspecified atom stereocenters. The quantitative estimate of drug-likeness (QED) is 0.784. The molecule has 0 spiro atoms. The van der Waals surface area contributed by atoms with Crippen molar-refractivity contribution in [3.05, 3.63) is 59.2 Å². The zero-order chi connectivity index (χ0) is 14.8.